The zero-order chi connectivity index (χ0) is 16.8. The molecule has 4 nitrogen and oxygen atoms in total. The molecule has 0 saturated carbocycles. The number of ether oxygens (including phenoxy) is 1. The van der Waals surface area contributed by atoms with Crippen molar-refractivity contribution >= 4 is 17.3 Å². The van der Waals surface area contributed by atoms with Crippen molar-refractivity contribution < 1.29 is 9.53 Å². The van der Waals surface area contributed by atoms with Gasteiger partial charge in [0.05, 0.1) is 12.6 Å². The van der Waals surface area contributed by atoms with Gasteiger partial charge in [-0.3, -0.25) is 4.79 Å². The molecular weight excluding hydrogens is 288 g/mol. The molecule has 0 aliphatic rings. The molecule has 0 heterocycles. The van der Waals surface area contributed by atoms with Gasteiger partial charge in [-0.2, -0.15) is 0 Å². The summed E-state index contributed by atoms with van der Waals surface area (Å²) in [7, 11) is 0. The largest absolute Gasteiger partial charge is 0.491 e. The molecule has 2 aromatic carbocycles. The van der Waals surface area contributed by atoms with Crippen LogP contribution in [0.1, 0.15) is 25.0 Å². The van der Waals surface area contributed by atoms with Crippen LogP contribution in [0.5, 0.6) is 5.75 Å². The number of anilines is 2. The fourth-order valence-electron chi connectivity index (χ4n) is 2.31. The first-order valence-electron chi connectivity index (χ1n) is 7.82. The Bertz CT molecular complexity index is 681. The smallest absolute Gasteiger partial charge is 0.243 e. The number of rotatable bonds is 6. The molecule has 0 aliphatic heterocycles. The van der Waals surface area contributed by atoms with E-state index in [2.05, 4.69) is 23.6 Å². The van der Waals surface area contributed by atoms with Gasteiger partial charge in [0.1, 0.15) is 5.75 Å². The molecular formula is C19H24N2O2. The average Bonchev–Trinajstić information content (AvgIpc) is 2.46. The normalized spacial score (nSPS) is 10.5. The molecule has 0 spiro atoms. The number of hydrogen-bond donors (Lipinski definition) is 2. The highest BCUT2D eigenvalue weighted by molar-refractivity contribution is 5.94. The molecule has 122 valence electrons. The van der Waals surface area contributed by atoms with Crippen molar-refractivity contribution in [2.24, 2.45) is 0 Å². The molecule has 0 atom stereocenters. The van der Waals surface area contributed by atoms with Crippen LogP contribution in [0.15, 0.2) is 42.5 Å². The number of amides is 1. The molecule has 2 N–H and O–H groups in total. The van der Waals surface area contributed by atoms with Gasteiger partial charge in [0.2, 0.25) is 5.91 Å². The first-order valence-corrected chi connectivity index (χ1v) is 7.82. The van der Waals surface area contributed by atoms with Gasteiger partial charge in [-0.15, -0.1) is 0 Å². The maximum atomic E-state index is 12.1. The highest BCUT2D eigenvalue weighted by atomic mass is 16.5. The Kier molecular flexibility index (Phi) is 5.63. The summed E-state index contributed by atoms with van der Waals surface area (Å²) >= 11 is 0. The van der Waals surface area contributed by atoms with Crippen LogP contribution in [0.2, 0.25) is 0 Å². The summed E-state index contributed by atoms with van der Waals surface area (Å²) in [6.45, 7) is 8.24. The molecule has 0 unspecified atom stereocenters. The van der Waals surface area contributed by atoms with Crippen molar-refractivity contribution in [1.29, 1.82) is 0 Å². The maximum absolute atomic E-state index is 12.1. The maximum Gasteiger partial charge on any atom is 0.243 e. The minimum Gasteiger partial charge on any atom is -0.491 e. The van der Waals surface area contributed by atoms with Crippen molar-refractivity contribution in [1.82, 2.24) is 0 Å². The predicted molar refractivity (Wildman–Crippen MR) is 95.2 cm³/mol. The lowest BCUT2D eigenvalue weighted by Gasteiger charge is -2.13. The van der Waals surface area contributed by atoms with Crippen LogP contribution in [0, 0.1) is 13.8 Å². The summed E-state index contributed by atoms with van der Waals surface area (Å²) in [6.07, 6.45) is 0.104. The van der Waals surface area contributed by atoms with E-state index in [1.165, 1.54) is 5.56 Å². The van der Waals surface area contributed by atoms with E-state index in [0.29, 0.717) is 0 Å². The number of aryl methyl sites for hydroxylation is 2. The molecule has 1 amide bonds. The van der Waals surface area contributed by atoms with Crippen molar-refractivity contribution in [2.75, 3.05) is 17.2 Å². The Hall–Kier alpha value is -2.49. The molecule has 0 saturated heterocycles. The number of hydrogen-bond acceptors (Lipinski definition) is 3. The molecule has 0 fully saturated rings. The fraction of sp³-hybridized carbons (Fsp3) is 0.316. The highest BCUT2D eigenvalue weighted by Gasteiger charge is 2.05. The van der Waals surface area contributed by atoms with E-state index in [0.717, 1.165) is 22.7 Å². The molecule has 0 aliphatic carbocycles. The average molecular weight is 312 g/mol. The monoisotopic (exact) mass is 312 g/mol. The molecule has 0 bridgehead atoms. The van der Waals surface area contributed by atoms with Gasteiger partial charge < -0.3 is 15.4 Å². The Balaban J connectivity index is 1.92. The van der Waals surface area contributed by atoms with E-state index < -0.39 is 0 Å². The highest BCUT2D eigenvalue weighted by Crippen LogP contribution is 2.19. The minimum atomic E-state index is -0.0910. The summed E-state index contributed by atoms with van der Waals surface area (Å²) in [5.74, 6) is 0.659. The molecule has 0 radical (unpaired) electrons. The Morgan fingerprint density at radius 1 is 1.13 bits per heavy atom. The van der Waals surface area contributed by atoms with E-state index in [-0.39, 0.29) is 18.6 Å². The number of carbonyl (C=O) groups excluding carboxylic acids is 1. The van der Waals surface area contributed by atoms with Crippen LogP contribution in [0.3, 0.4) is 0 Å². The van der Waals surface area contributed by atoms with E-state index in [1.54, 1.807) is 0 Å². The molecule has 2 aromatic rings. The summed E-state index contributed by atoms with van der Waals surface area (Å²) in [5.41, 5.74) is 4.04. The van der Waals surface area contributed by atoms with Gasteiger partial charge >= 0.3 is 0 Å². The first-order chi connectivity index (χ1) is 10.9. The van der Waals surface area contributed by atoms with Crippen molar-refractivity contribution in [3.8, 4) is 5.75 Å². The molecule has 4 heteroatoms. The summed E-state index contributed by atoms with van der Waals surface area (Å²) < 4.78 is 5.63. The van der Waals surface area contributed by atoms with Crippen LogP contribution in [0.4, 0.5) is 11.4 Å². The van der Waals surface area contributed by atoms with Crippen molar-refractivity contribution in [3.05, 3.63) is 53.6 Å². The second-order valence-electron chi connectivity index (χ2n) is 5.91. The Morgan fingerprint density at radius 3 is 2.61 bits per heavy atom. The summed E-state index contributed by atoms with van der Waals surface area (Å²) in [5, 5.41) is 6.04. The topological polar surface area (TPSA) is 50.4 Å². The zero-order valence-electron chi connectivity index (χ0n) is 14.1. The van der Waals surface area contributed by atoms with E-state index in [1.807, 2.05) is 57.2 Å². The second-order valence-corrected chi connectivity index (χ2v) is 5.91. The third kappa shape index (κ3) is 5.33. The summed E-state index contributed by atoms with van der Waals surface area (Å²) in [6, 6.07) is 13.5. The fourth-order valence-corrected chi connectivity index (χ4v) is 2.31. The number of benzene rings is 2. The van der Waals surface area contributed by atoms with Crippen LogP contribution >= 0.6 is 0 Å². The molecule has 2 rings (SSSR count). The lowest BCUT2D eigenvalue weighted by molar-refractivity contribution is -0.114. The Labute approximate surface area is 137 Å². The van der Waals surface area contributed by atoms with Crippen LogP contribution in [-0.4, -0.2) is 18.6 Å². The van der Waals surface area contributed by atoms with E-state index >= 15 is 0 Å². The van der Waals surface area contributed by atoms with E-state index in [9.17, 15) is 4.79 Å². The van der Waals surface area contributed by atoms with Crippen molar-refractivity contribution in [3.63, 3.8) is 0 Å². The van der Waals surface area contributed by atoms with Gasteiger partial charge in [0, 0.05) is 17.4 Å². The van der Waals surface area contributed by atoms with Gasteiger partial charge in [0.15, 0.2) is 0 Å². The number of nitrogens with one attached hydrogen (secondary N) is 2. The zero-order valence-corrected chi connectivity index (χ0v) is 14.1. The third-order valence-electron chi connectivity index (χ3n) is 3.31. The predicted octanol–water partition coefficient (Wildman–Crippen LogP) is 4.14. The summed E-state index contributed by atoms with van der Waals surface area (Å²) in [4.78, 5) is 12.1. The number of carbonyl (C=O) groups is 1. The van der Waals surface area contributed by atoms with E-state index in [4.69, 9.17) is 4.74 Å². The minimum absolute atomic E-state index is 0.0910. The Morgan fingerprint density at radius 2 is 1.91 bits per heavy atom. The van der Waals surface area contributed by atoms with Crippen LogP contribution in [-0.2, 0) is 4.79 Å². The van der Waals surface area contributed by atoms with Crippen molar-refractivity contribution in [2.45, 2.75) is 33.8 Å². The van der Waals surface area contributed by atoms with Gasteiger partial charge in [-0.05, 0) is 51.5 Å². The second kappa shape index (κ2) is 7.68. The lowest BCUT2D eigenvalue weighted by Crippen LogP contribution is -2.22. The lowest BCUT2D eigenvalue weighted by atomic mass is 10.1. The molecule has 23 heavy (non-hydrogen) atoms. The van der Waals surface area contributed by atoms with Gasteiger partial charge in [-0.25, -0.2) is 0 Å². The third-order valence-corrected chi connectivity index (χ3v) is 3.31. The van der Waals surface area contributed by atoms with Gasteiger partial charge in [-0.1, -0.05) is 23.8 Å². The molecule has 0 aromatic heterocycles. The quantitative estimate of drug-likeness (QED) is 0.843. The SMILES string of the molecule is Cc1ccc(NCC(=O)Nc2cccc(OC(C)C)c2)c(C)c1. The van der Waals surface area contributed by atoms with Crippen LogP contribution in [0.25, 0.3) is 0 Å². The van der Waals surface area contributed by atoms with Gasteiger partial charge in [0.25, 0.3) is 0 Å². The van der Waals surface area contributed by atoms with Crippen LogP contribution < -0.4 is 15.4 Å². The first kappa shape index (κ1) is 16.9. The standard InChI is InChI=1S/C19H24N2O2/c1-13(2)23-17-7-5-6-16(11-17)21-19(22)12-20-18-9-8-14(3)10-15(18)4/h5-11,13,20H,12H2,1-4H3,(H,21,22).